The number of nitriles is 1. The number of hydrogen-bond donors (Lipinski definition) is 3. The zero-order valence-corrected chi connectivity index (χ0v) is 18.0. The number of H-pyrrole nitrogens is 1. The molecule has 0 amide bonds. The summed E-state index contributed by atoms with van der Waals surface area (Å²) in [7, 11) is 0. The predicted octanol–water partition coefficient (Wildman–Crippen LogP) is 4.24. The SMILES string of the molecule is Cc1cc(Nc2nn([C@@H](CC#N)C3CC3)c3cc[nH]c(=O)c23)ccc1C1(C)CCCN1. The van der Waals surface area contributed by atoms with Crippen LogP contribution in [0.3, 0.4) is 0 Å². The third-order valence-corrected chi connectivity index (χ3v) is 6.86. The average molecular weight is 417 g/mol. The van der Waals surface area contributed by atoms with Crippen molar-refractivity contribution in [3.8, 4) is 6.07 Å². The molecule has 2 aromatic heterocycles. The number of fused-ring (bicyclic) bond motifs is 1. The van der Waals surface area contributed by atoms with Crippen LogP contribution in [0, 0.1) is 24.2 Å². The lowest BCUT2D eigenvalue weighted by Crippen LogP contribution is -2.33. The van der Waals surface area contributed by atoms with E-state index in [-0.39, 0.29) is 17.1 Å². The topological polar surface area (TPSA) is 98.5 Å². The van der Waals surface area contributed by atoms with Gasteiger partial charge in [-0.3, -0.25) is 9.48 Å². The van der Waals surface area contributed by atoms with Gasteiger partial charge in [0.05, 0.1) is 24.0 Å². The van der Waals surface area contributed by atoms with E-state index < -0.39 is 0 Å². The number of pyridine rings is 1. The number of aromatic amines is 1. The van der Waals surface area contributed by atoms with Crippen molar-refractivity contribution in [2.75, 3.05) is 11.9 Å². The lowest BCUT2D eigenvalue weighted by Gasteiger charge is -2.27. The number of nitrogens with zero attached hydrogens (tertiary/aromatic N) is 3. The van der Waals surface area contributed by atoms with Gasteiger partial charge in [0.2, 0.25) is 0 Å². The molecule has 7 nitrogen and oxygen atoms in total. The molecule has 1 saturated heterocycles. The van der Waals surface area contributed by atoms with Crippen LogP contribution in [0.2, 0.25) is 0 Å². The molecule has 5 rings (SSSR count). The Morgan fingerprint density at radius 2 is 2.23 bits per heavy atom. The molecule has 1 saturated carbocycles. The van der Waals surface area contributed by atoms with Gasteiger partial charge in [0, 0.05) is 17.4 Å². The van der Waals surface area contributed by atoms with Crippen LogP contribution >= 0.6 is 0 Å². The number of aromatic nitrogens is 3. The van der Waals surface area contributed by atoms with Gasteiger partial charge in [0.15, 0.2) is 5.82 Å². The number of aryl methyl sites for hydroxylation is 1. The lowest BCUT2D eigenvalue weighted by atomic mass is 9.87. The highest BCUT2D eigenvalue weighted by Crippen LogP contribution is 2.43. The van der Waals surface area contributed by atoms with Crippen LogP contribution < -0.4 is 16.2 Å². The Morgan fingerprint density at radius 1 is 1.39 bits per heavy atom. The minimum Gasteiger partial charge on any atom is -0.338 e. The first kappa shape index (κ1) is 19.8. The summed E-state index contributed by atoms with van der Waals surface area (Å²) in [5, 5.41) is 21.7. The molecule has 1 aliphatic heterocycles. The van der Waals surface area contributed by atoms with Gasteiger partial charge in [-0.25, -0.2) is 0 Å². The first-order valence-electron chi connectivity index (χ1n) is 11.1. The van der Waals surface area contributed by atoms with Gasteiger partial charge in [0.1, 0.15) is 5.39 Å². The van der Waals surface area contributed by atoms with Crippen molar-refractivity contribution in [3.63, 3.8) is 0 Å². The molecule has 31 heavy (non-hydrogen) atoms. The van der Waals surface area contributed by atoms with E-state index in [2.05, 4.69) is 53.7 Å². The fourth-order valence-electron chi connectivity index (χ4n) is 5.09. The summed E-state index contributed by atoms with van der Waals surface area (Å²) < 4.78 is 1.89. The van der Waals surface area contributed by atoms with Crippen molar-refractivity contribution >= 4 is 22.4 Å². The highest BCUT2D eigenvalue weighted by atomic mass is 16.1. The molecule has 2 atom stereocenters. The molecule has 2 fully saturated rings. The molecule has 160 valence electrons. The molecule has 1 unspecified atom stereocenters. The quantitative estimate of drug-likeness (QED) is 0.558. The summed E-state index contributed by atoms with van der Waals surface area (Å²) in [5.41, 5.74) is 4.04. The molecule has 3 aromatic rings. The molecule has 7 heteroatoms. The molecule has 3 N–H and O–H groups in total. The first-order chi connectivity index (χ1) is 15.0. The van der Waals surface area contributed by atoms with Crippen LogP contribution in [0.1, 0.15) is 56.2 Å². The molecular formula is C24H28N6O. The van der Waals surface area contributed by atoms with Gasteiger partial charge in [-0.1, -0.05) is 6.07 Å². The second-order valence-electron chi connectivity index (χ2n) is 9.14. The molecule has 0 bridgehead atoms. The first-order valence-corrected chi connectivity index (χ1v) is 11.1. The van der Waals surface area contributed by atoms with Gasteiger partial charge in [-0.15, -0.1) is 0 Å². The van der Waals surface area contributed by atoms with Crippen LogP contribution in [-0.4, -0.2) is 21.3 Å². The van der Waals surface area contributed by atoms with Crippen LogP contribution in [-0.2, 0) is 5.54 Å². The summed E-state index contributed by atoms with van der Waals surface area (Å²) in [4.78, 5) is 15.5. The number of benzene rings is 1. The molecule has 1 aromatic carbocycles. The fourth-order valence-corrected chi connectivity index (χ4v) is 5.09. The zero-order chi connectivity index (χ0) is 21.6. The summed E-state index contributed by atoms with van der Waals surface area (Å²) in [6.07, 6.45) is 6.57. The normalized spacial score (nSPS) is 21.8. The van der Waals surface area contributed by atoms with E-state index >= 15 is 0 Å². The van der Waals surface area contributed by atoms with Crippen molar-refractivity contribution in [2.24, 2.45) is 5.92 Å². The summed E-state index contributed by atoms with van der Waals surface area (Å²) in [6, 6.07) is 10.5. The van der Waals surface area contributed by atoms with Crippen LogP contribution in [0.15, 0.2) is 35.3 Å². The Morgan fingerprint density at radius 3 is 2.90 bits per heavy atom. The van der Waals surface area contributed by atoms with Crippen molar-refractivity contribution < 1.29 is 0 Å². The van der Waals surface area contributed by atoms with E-state index in [0.29, 0.717) is 23.5 Å². The Kier molecular flexibility index (Phi) is 4.82. The van der Waals surface area contributed by atoms with Gasteiger partial charge in [-0.2, -0.15) is 10.4 Å². The Hall–Kier alpha value is -3.11. The average Bonchev–Trinajstić information content (AvgIpc) is 3.39. The van der Waals surface area contributed by atoms with E-state index in [1.165, 1.54) is 17.5 Å². The van der Waals surface area contributed by atoms with E-state index in [9.17, 15) is 10.1 Å². The largest absolute Gasteiger partial charge is 0.338 e. The number of hydrogen-bond acceptors (Lipinski definition) is 5. The van der Waals surface area contributed by atoms with E-state index in [0.717, 1.165) is 37.0 Å². The van der Waals surface area contributed by atoms with Crippen LogP contribution in [0.5, 0.6) is 0 Å². The maximum Gasteiger partial charge on any atom is 0.261 e. The van der Waals surface area contributed by atoms with Gasteiger partial charge in [0.25, 0.3) is 5.56 Å². The molecule has 0 spiro atoms. The van der Waals surface area contributed by atoms with Crippen LogP contribution in [0.4, 0.5) is 11.5 Å². The zero-order valence-electron chi connectivity index (χ0n) is 18.0. The molecule has 2 aliphatic rings. The fraction of sp³-hybridized carbons (Fsp3) is 0.458. The van der Waals surface area contributed by atoms with Crippen molar-refractivity contribution in [3.05, 3.63) is 51.9 Å². The lowest BCUT2D eigenvalue weighted by molar-refractivity contribution is 0.426. The molecule has 1 aliphatic carbocycles. The maximum absolute atomic E-state index is 12.7. The Labute approximate surface area is 181 Å². The molecule has 3 heterocycles. The molecule has 0 radical (unpaired) electrons. The maximum atomic E-state index is 12.7. The number of rotatable bonds is 6. The van der Waals surface area contributed by atoms with Crippen molar-refractivity contribution in [1.82, 2.24) is 20.1 Å². The minimum atomic E-state index is -0.172. The minimum absolute atomic E-state index is 0.00218. The number of nitrogens with one attached hydrogen (secondary N) is 3. The van der Waals surface area contributed by atoms with Crippen molar-refractivity contribution in [2.45, 2.75) is 57.5 Å². The van der Waals surface area contributed by atoms with Crippen molar-refractivity contribution in [1.29, 1.82) is 5.26 Å². The summed E-state index contributed by atoms with van der Waals surface area (Å²) in [6.45, 7) is 5.44. The van der Waals surface area contributed by atoms with Gasteiger partial charge >= 0.3 is 0 Å². The summed E-state index contributed by atoms with van der Waals surface area (Å²) in [5.74, 6) is 0.994. The third kappa shape index (κ3) is 3.51. The second kappa shape index (κ2) is 7.54. The number of anilines is 2. The van der Waals surface area contributed by atoms with Gasteiger partial charge < -0.3 is 15.6 Å². The standard InChI is InChI=1S/C24H28N6O/c1-15-14-17(6-7-18(15)24(2)10-3-12-27-24)28-22-21-20(9-13-26-23(21)31)30(29-22)19(8-11-25)16-4-5-16/h6-7,9,13-14,16,19,27H,3-5,8,10,12H2,1-2H3,(H,26,31)(H,28,29)/t19-,24?/m0/s1. The third-order valence-electron chi connectivity index (χ3n) is 6.86. The smallest absolute Gasteiger partial charge is 0.261 e. The van der Waals surface area contributed by atoms with E-state index in [1.54, 1.807) is 6.20 Å². The summed E-state index contributed by atoms with van der Waals surface area (Å²) >= 11 is 0. The van der Waals surface area contributed by atoms with Gasteiger partial charge in [-0.05, 0) is 81.3 Å². The Balaban J connectivity index is 1.53. The second-order valence-corrected chi connectivity index (χ2v) is 9.14. The highest BCUT2D eigenvalue weighted by molar-refractivity contribution is 5.91. The molecular weight excluding hydrogens is 388 g/mol. The predicted molar refractivity (Wildman–Crippen MR) is 121 cm³/mol. The monoisotopic (exact) mass is 416 g/mol. The Bertz CT molecular complexity index is 1220. The highest BCUT2D eigenvalue weighted by Gasteiger charge is 2.35. The van der Waals surface area contributed by atoms with E-state index in [4.69, 9.17) is 5.10 Å². The van der Waals surface area contributed by atoms with Crippen LogP contribution in [0.25, 0.3) is 10.9 Å². The van der Waals surface area contributed by atoms with E-state index in [1.807, 2.05) is 10.7 Å².